The molecule has 0 saturated carbocycles. The second-order valence-electron chi connectivity index (χ2n) is 3.79. The molecule has 1 rings (SSSR count). The molecule has 18 heavy (non-hydrogen) atoms. The lowest BCUT2D eigenvalue weighted by Gasteiger charge is -2.16. The number of aryl methyl sites for hydroxylation is 1. The Morgan fingerprint density at radius 2 is 2.22 bits per heavy atom. The largest absolute Gasteiger partial charge is 0.481 e. The number of anilines is 1. The molecule has 1 aromatic heterocycles. The summed E-state index contributed by atoms with van der Waals surface area (Å²) in [6.45, 7) is 1.71. The van der Waals surface area contributed by atoms with E-state index in [0.717, 1.165) is 9.87 Å². The van der Waals surface area contributed by atoms with E-state index < -0.39 is 16.2 Å². The average molecular weight is 273 g/mol. The van der Waals surface area contributed by atoms with Gasteiger partial charge in [-0.2, -0.15) is 12.7 Å². The standard InChI is InChI=1S/C10H15N3O4S/c1-8-3-5-11-9(7-8)12-18(16,17)13(2)6-4-10(14)15/h3,5,7H,4,6H2,1-2H3,(H,11,12)(H,14,15). The molecule has 0 atom stereocenters. The normalized spacial score (nSPS) is 11.5. The van der Waals surface area contributed by atoms with E-state index in [1.165, 1.54) is 13.2 Å². The van der Waals surface area contributed by atoms with Gasteiger partial charge in [-0.05, 0) is 24.6 Å². The number of pyridine rings is 1. The summed E-state index contributed by atoms with van der Waals surface area (Å²) in [5.74, 6) is -0.845. The molecule has 0 spiro atoms. The molecular formula is C10H15N3O4S. The fraction of sp³-hybridized carbons (Fsp3) is 0.400. The summed E-state index contributed by atoms with van der Waals surface area (Å²) in [7, 11) is -2.46. The quantitative estimate of drug-likeness (QED) is 0.784. The first-order chi connectivity index (χ1) is 8.31. The van der Waals surface area contributed by atoms with Crippen LogP contribution >= 0.6 is 0 Å². The zero-order chi connectivity index (χ0) is 13.8. The van der Waals surface area contributed by atoms with Gasteiger partial charge in [0, 0.05) is 19.8 Å². The minimum Gasteiger partial charge on any atom is -0.481 e. The Kier molecular flexibility index (Phi) is 4.62. The SMILES string of the molecule is Cc1ccnc(NS(=O)(=O)N(C)CCC(=O)O)c1. The second kappa shape index (κ2) is 5.78. The first-order valence-electron chi connectivity index (χ1n) is 5.20. The smallest absolute Gasteiger partial charge is 0.304 e. The predicted molar refractivity (Wildman–Crippen MR) is 66.4 cm³/mol. The lowest BCUT2D eigenvalue weighted by molar-refractivity contribution is -0.137. The highest BCUT2D eigenvalue weighted by molar-refractivity contribution is 7.90. The van der Waals surface area contributed by atoms with Crippen LogP contribution in [0.25, 0.3) is 0 Å². The second-order valence-corrected chi connectivity index (χ2v) is 5.57. The highest BCUT2D eigenvalue weighted by Crippen LogP contribution is 2.09. The van der Waals surface area contributed by atoms with E-state index in [1.807, 2.05) is 6.92 Å². The van der Waals surface area contributed by atoms with E-state index in [4.69, 9.17) is 5.11 Å². The van der Waals surface area contributed by atoms with Gasteiger partial charge >= 0.3 is 16.2 Å². The summed E-state index contributed by atoms with van der Waals surface area (Å²) in [5.41, 5.74) is 0.871. The summed E-state index contributed by atoms with van der Waals surface area (Å²) >= 11 is 0. The van der Waals surface area contributed by atoms with Crippen LogP contribution in [0.1, 0.15) is 12.0 Å². The molecule has 1 aromatic rings. The molecule has 0 aromatic carbocycles. The molecule has 2 N–H and O–H groups in total. The van der Waals surface area contributed by atoms with Crippen molar-refractivity contribution < 1.29 is 18.3 Å². The molecule has 0 fully saturated rings. The lowest BCUT2D eigenvalue weighted by Crippen LogP contribution is -2.34. The summed E-state index contributed by atoms with van der Waals surface area (Å²) in [5, 5.41) is 8.50. The Morgan fingerprint density at radius 1 is 1.56 bits per heavy atom. The fourth-order valence-corrected chi connectivity index (χ4v) is 2.04. The van der Waals surface area contributed by atoms with E-state index in [-0.39, 0.29) is 18.8 Å². The highest BCUT2D eigenvalue weighted by atomic mass is 32.2. The van der Waals surface area contributed by atoms with Gasteiger partial charge in [-0.3, -0.25) is 9.52 Å². The van der Waals surface area contributed by atoms with Crippen molar-refractivity contribution in [3.8, 4) is 0 Å². The number of carboxylic acid groups (broad SMARTS) is 1. The molecule has 0 aliphatic rings. The van der Waals surface area contributed by atoms with Crippen molar-refractivity contribution in [3.63, 3.8) is 0 Å². The molecule has 0 saturated heterocycles. The number of nitrogens with one attached hydrogen (secondary N) is 1. The van der Waals surface area contributed by atoms with Gasteiger partial charge in [0.1, 0.15) is 5.82 Å². The number of rotatable bonds is 6. The first-order valence-corrected chi connectivity index (χ1v) is 6.64. The third-order valence-corrected chi connectivity index (χ3v) is 3.67. The van der Waals surface area contributed by atoms with Crippen LogP contribution in [0.5, 0.6) is 0 Å². The van der Waals surface area contributed by atoms with E-state index >= 15 is 0 Å². The van der Waals surface area contributed by atoms with Crippen LogP contribution in [0, 0.1) is 6.92 Å². The van der Waals surface area contributed by atoms with Crippen LogP contribution in [0.2, 0.25) is 0 Å². The van der Waals surface area contributed by atoms with Gasteiger partial charge < -0.3 is 5.11 Å². The molecule has 0 aliphatic heterocycles. The van der Waals surface area contributed by atoms with Crippen molar-refractivity contribution in [2.24, 2.45) is 0 Å². The number of carboxylic acids is 1. The van der Waals surface area contributed by atoms with E-state index in [0.29, 0.717) is 0 Å². The predicted octanol–water partition coefficient (Wildman–Crippen LogP) is 0.453. The van der Waals surface area contributed by atoms with Gasteiger partial charge in [0.2, 0.25) is 0 Å². The van der Waals surface area contributed by atoms with Crippen LogP contribution < -0.4 is 4.72 Å². The first kappa shape index (κ1) is 14.4. The third kappa shape index (κ3) is 4.30. The van der Waals surface area contributed by atoms with Crippen molar-refractivity contribution in [1.29, 1.82) is 0 Å². The molecule has 0 unspecified atom stereocenters. The van der Waals surface area contributed by atoms with Crippen molar-refractivity contribution >= 4 is 22.0 Å². The molecule has 0 amide bonds. The van der Waals surface area contributed by atoms with Crippen LogP contribution in [-0.2, 0) is 15.0 Å². The van der Waals surface area contributed by atoms with Gasteiger partial charge in [0.15, 0.2) is 0 Å². The summed E-state index contributed by atoms with van der Waals surface area (Å²) < 4.78 is 26.8. The summed E-state index contributed by atoms with van der Waals surface area (Å²) in [6.07, 6.45) is 1.24. The number of carbonyl (C=O) groups is 1. The van der Waals surface area contributed by atoms with Gasteiger partial charge in [0.25, 0.3) is 0 Å². The topological polar surface area (TPSA) is 99.6 Å². The Bertz CT molecular complexity index is 530. The van der Waals surface area contributed by atoms with E-state index in [9.17, 15) is 13.2 Å². The number of hydrogen-bond donors (Lipinski definition) is 2. The lowest BCUT2D eigenvalue weighted by atomic mass is 10.3. The maximum Gasteiger partial charge on any atom is 0.304 e. The number of aromatic nitrogens is 1. The Hall–Kier alpha value is -1.67. The molecule has 7 nitrogen and oxygen atoms in total. The Morgan fingerprint density at radius 3 is 2.78 bits per heavy atom. The molecule has 1 heterocycles. The third-order valence-electron chi connectivity index (χ3n) is 2.20. The maximum absolute atomic E-state index is 11.8. The van der Waals surface area contributed by atoms with Gasteiger partial charge in [-0.1, -0.05) is 0 Å². The molecule has 100 valence electrons. The minimum atomic E-state index is -3.77. The monoisotopic (exact) mass is 273 g/mol. The van der Waals surface area contributed by atoms with Crippen LogP contribution in [0.4, 0.5) is 5.82 Å². The van der Waals surface area contributed by atoms with Gasteiger partial charge in [-0.15, -0.1) is 0 Å². The Balaban J connectivity index is 2.72. The summed E-state index contributed by atoms with van der Waals surface area (Å²) in [4.78, 5) is 14.2. The van der Waals surface area contributed by atoms with Gasteiger partial charge in [0.05, 0.1) is 6.42 Å². The zero-order valence-electron chi connectivity index (χ0n) is 10.1. The van der Waals surface area contributed by atoms with E-state index in [1.54, 1.807) is 12.1 Å². The van der Waals surface area contributed by atoms with E-state index in [2.05, 4.69) is 9.71 Å². The molecule has 0 aliphatic carbocycles. The summed E-state index contributed by atoms with van der Waals surface area (Å²) in [6, 6.07) is 3.33. The van der Waals surface area contributed by atoms with Crippen LogP contribution in [-0.4, -0.2) is 42.4 Å². The van der Waals surface area contributed by atoms with Crippen molar-refractivity contribution in [2.75, 3.05) is 18.3 Å². The van der Waals surface area contributed by atoms with Crippen molar-refractivity contribution in [2.45, 2.75) is 13.3 Å². The highest BCUT2D eigenvalue weighted by Gasteiger charge is 2.18. The molecule has 0 radical (unpaired) electrons. The number of hydrogen-bond acceptors (Lipinski definition) is 4. The maximum atomic E-state index is 11.8. The zero-order valence-corrected chi connectivity index (χ0v) is 10.9. The van der Waals surface area contributed by atoms with Gasteiger partial charge in [-0.25, -0.2) is 4.98 Å². The Labute approximate surface area is 106 Å². The number of aliphatic carboxylic acids is 1. The van der Waals surface area contributed by atoms with Crippen molar-refractivity contribution in [3.05, 3.63) is 23.9 Å². The average Bonchev–Trinajstić information content (AvgIpc) is 2.25. The molecule has 0 bridgehead atoms. The number of nitrogens with zero attached hydrogens (tertiary/aromatic N) is 2. The molecule has 8 heteroatoms. The van der Waals surface area contributed by atoms with Crippen LogP contribution in [0.3, 0.4) is 0 Å². The van der Waals surface area contributed by atoms with Crippen molar-refractivity contribution in [1.82, 2.24) is 9.29 Å². The fourth-order valence-electron chi connectivity index (χ4n) is 1.18. The molecular weight excluding hydrogens is 258 g/mol. The van der Waals surface area contributed by atoms with Crippen LogP contribution in [0.15, 0.2) is 18.3 Å². The minimum absolute atomic E-state index is 0.101.